The minimum absolute atomic E-state index is 0. The lowest BCUT2D eigenvalue weighted by Gasteiger charge is -2.23. The Morgan fingerprint density at radius 2 is 1.91 bits per heavy atom. The number of carbonyl (C=O) groups is 1. The maximum absolute atomic E-state index is 12.3. The van der Waals surface area contributed by atoms with Gasteiger partial charge in [0.1, 0.15) is 0 Å². The van der Waals surface area contributed by atoms with Crippen molar-refractivity contribution < 1.29 is 4.79 Å². The second-order valence-corrected chi connectivity index (χ2v) is 5.64. The molecule has 0 aromatic heterocycles. The van der Waals surface area contributed by atoms with E-state index in [-0.39, 0.29) is 18.3 Å². The highest BCUT2D eigenvalue weighted by atomic mass is 35.5. The van der Waals surface area contributed by atoms with Crippen molar-refractivity contribution in [2.75, 3.05) is 29.9 Å². The van der Waals surface area contributed by atoms with E-state index >= 15 is 0 Å². The van der Waals surface area contributed by atoms with E-state index in [0.717, 1.165) is 31.0 Å². The van der Waals surface area contributed by atoms with Gasteiger partial charge in [-0.3, -0.25) is 4.79 Å². The smallest absolute Gasteiger partial charge is 0.243 e. The summed E-state index contributed by atoms with van der Waals surface area (Å²) in [5, 5.41) is 6.36. The van der Waals surface area contributed by atoms with E-state index in [1.807, 2.05) is 43.3 Å². The monoisotopic (exact) mass is 331 g/mol. The molecule has 2 aromatic carbocycles. The quantitative estimate of drug-likeness (QED) is 0.909. The van der Waals surface area contributed by atoms with Gasteiger partial charge in [0.05, 0.1) is 6.54 Å². The van der Waals surface area contributed by atoms with E-state index in [1.165, 1.54) is 11.1 Å². The summed E-state index contributed by atoms with van der Waals surface area (Å²) in [4.78, 5) is 14.5. The Morgan fingerprint density at radius 1 is 1.17 bits per heavy atom. The predicted octanol–water partition coefficient (Wildman–Crippen LogP) is 2.97. The summed E-state index contributed by atoms with van der Waals surface area (Å²) in [6.07, 6.45) is 0. The highest BCUT2D eigenvalue weighted by molar-refractivity contribution is 5.94. The number of aryl methyl sites for hydroxylation is 1. The first-order chi connectivity index (χ1) is 10.7. The molecule has 1 amide bonds. The van der Waals surface area contributed by atoms with Crippen molar-refractivity contribution in [3.63, 3.8) is 0 Å². The second kappa shape index (κ2) is 7.99. The number of amides is 1. The lowest BCUT2D eigenvalue weighted by atomic mass is 10.1. The number of hydrogen-bond acceptors (Lipinski definition) is 3. The Labute approximate surface area is 143 Å². The lowest BCUT2D eigenvalue weighted by molar-refractivity contribution is -0.115. The van der Waals surface area contributed by atoms with Gasteiger partial charge in [0.15, 0.2) is 0 Å². The van der Waals surface area contributed by atoms with Gasteiger partial charge in [0, 0.05) is 31.0 Å². The fraction of sp³-hybridized carbons (Fsp3) is 0.278. The highest BCUT2D eigenvalue weighted by Crippen LogP contribution is 2.21. The zero-order valence-corrected chi connectivity index (χ0v) is 14.0. The van der Waals surface area contributed by atoms with E-state index in [1.54, 1.807) is 0 Å². The molecule has 1 aliphatic rings. The van der Waals surface area contributed by atoms with Gasteiger partial charge in [0.25, 0.3) is 0 Å². The molecular formula is C18H22ClN3O. The zero-order valence-electron chi connectivity index (χ0n) is 13.2. The summed E-state index contributed by atoms with van der Waals surface area (Å²) >= 11 is 0. The number of fused-ring (bicyclic) bond motifs is 1. The number of nitrogens with zero attached hydrogens (tertiary/aromatic N) is 1. The van der Waals surface area contributed by atoms with Gasteiger partial charge in [-0.15, -0.1) is 12.4 Å². The molecule has 122 valence electrons. The number of benzene rings is 2. The third-order valence-corrected chi connectivity index (χ3v) is 3.88. The molecule has 0 aliphatic carbocycles. The molecule has 0 atom stereocenters. The minimum Gasteiger partial charge on any atom is -0.361 e. The molecule has 2 N–H and O–H groups in total. The van der Waals surface area contributed by atoms with Crippen LogP contribution in [-0.2, 0) is 11.3 Å². The molecule has 5 heteroatoms. The van der Waals surface area contributed by atoms with Crippen molar-refractivity contribution in [1.82, 2.24) is 5.32 Å². The first-order valence-electron chi connectivity index (χ1n) is 7.62. The number of carbonyl (C=O) groups excluding carboxylic acids is 1. The number of para-hydroxylation sites is 1. The summed E-state index contributed by atoms with van der Waals surface area (Å²) in [6.45, 7) is 4.97. The third kappa shape index (κ3) is 4.47. The fourth-order valence-electron chi connectivity index (χ4n) is 2.70. The van der Waals surface area contributed by atoms with Crippen LogP contribution in [0.3, 0.4) is 0 Å². The van der Waals surface area contributed by atoms with E-state index in [4.69, 9.17) is 0 Å². The van der Waals surface area contributed by atoms with Gasteiger partial charge in [0.2, 0.25) is 5.91 Å². The van der Waals surface area contributed by atoms with Gasteiger partial charge in [-0.25, -0.2) is 0 Å². The first-order valence-corrected chi connectivity index (χ1v) is 7.62. The van der Waals surface area contributed by atoms with Crippen molar-refractivity contribution in [2.45, 2.75) is 13.5 Å². The van der Waals surface area contributed by atoms with Gasteiger partial charge >= 0.3 is 0 Å². The largest absolute Gasteiger partial charge is 0.361 e. The molecule has 0 radical (unpaired) electrons. The third-order valence-electron chi connectivity index (χ3n) is 3.88. The molecule has 0 fully saturated rings. The summed E-state index contributed by atoms with van der Waals surface area (Å²) in [5.74, 6) is 0.0144. The van der Waals surface area contributed by atoms with Crippen LogP contribution in [0.1, 0.15) is 11.1 Å². The molecule has 0 spiro atoms. The van der Waals surface area contributed by atoms with Crippen molar-refractivity contribution in [3.05, 3.63) is 59.7 Å². The van der Waals surface area contributed by atoms with Crippen molar-refractivity contribution in [1.29, 1.82) is 0 Å². The maximum Gasteiger partial charge on any atom is 0.243 e. The van der Waals surface area contributed by atoms with Crippen LogP contribution < -0.4 is 15.5 Å². The standard InChI is InChI=1S/C18H21N3O.ClH/c1-14-6-8-16(9-7-14)20-18(22)13-21-11-10-19-12-15-4-2-3-5-17(15)21;/h2-9,19H,10-13H2,1H3,(H,20,22);1H. The molecule has 2 aromatic rings. The van der Waals surface area contributed by atoms with Crippen LogP contribution in [-0.4, -0.2) is 25.5 Å². The van der Waals surface area contributed by atoms with Crippen LogP contribution in [0.2, 0.25) is 0 Å². The maximum atomic E-state index is 12.3. The van der Waals surface area contributed by atoms with Crippen LogP contribution in [0, 0.1) is 6.92 Å². The van der Waals surface area contributed by atoms with E-state index in [0.29, 0.717) is 6.54 Å². The molecule has 0 saturated carbocycles. The molecule has 0 saturated heterocycles. The molecule has 3 rings (SSSR count). The van der Waals surface area contributed by atoms with Gasteiger partial charge < -0.3 is 15.5 Å². The number of anilines is 2. The average Bonchev–Trinajstić information content (AvgIpc) is 2.72. The summed E-state index contributed by atoms with van der Waals surface area (Å²) < 4.78 is 0. The number of nitrogens with one attached hydrogen (secondary N) is 2. The van der Waals surface area contributed by atoms with Crippen molar-refractivity contribution in [2.24, 2.45) is 0 Å². The Bertz CT molecular complexity index is 658. The summed E-state index contributed by atoms with van der Waals surface area (Å²) in [7, 11) is 0. The van der Waals surface area contributed by atoms with Gasteiger partial charge in [-0.2, -0.15) is 0 Å². The van der Waals surface area contributed by atoms with E-state index < -0.39 is 0 Å². The van der Waals surface area contributed by atoms with Crippen LogP contribution in [0.25, 0.3) is 0 Å². The number of hydrogen-bond donors (Lipinski definition) is 2. The van der Waals surface area contributed by atoms with Crippen LogP contribution >= 0.6 is 12.4 Å². The second-order valence-electron chi connectivity index (χ2n) is 5.64. The fourth-order valence-corrected chi connectivity index (χ4v) is 2.70. The van der Waals surface area contributed by atoms with E-state index in [2.05, 4.69) is 27.7 Å². The normalized spacial score (nSPS) is 13.5. The molecule has 1 aliphatic heterocycles. The van der Waals surface area contributed by atoms with Crippen LogP contribution in [0.15, 0.2) is 48.5 Å². The molecule has 0 unspecified atom stereocenters. The summed E-state index contributed by atoms with van der Waals surface area (Å²) in [5.41, 5.74) is 4.41. The zero-order chi connectivity index (χ0) is 15.4. The minimum atomic E-state index is 0. The van der Waals surface area contributed by atoms with Crippen LogP contribution in [0.4, 0.5) is 11.4 Å². The SMILES string of the molecule is Cc1ccc(NC(=O)CN2CCNCc3ccccc32)cc1.Cl. The average molecular weight is 332 g/mol. The first kappa shape index (κ1) is 17.3. The topological polar surface area (TPSA) is 44.4 Å². The highest BCUT2D eigenvalue weighted by Gasteiger charge is 2.17. The van der Waals surface area contributed by atoms with Crippen molar-refractivity contribution in [3.8, 4) is 0 Å². The summed E-state index contributed by atoms with van der Waals surface area (Å²) in [6, 6.07) is 16.1. The molecular weight excluding hydrogens is 310 g/mol. The predicted molar refractivity (Wildman–Crippen MR) is 97.4 cm³/mol. The number of rotatable bonds is 3. The Balaban J connectivity index is 0.00000192. The Morgan fingerprint density at radius 3 is 2.70 bits per heavy atom. The Kier molecular flexibility index (Phi) is 6.02. The Hall–Kier alpha value is -2.04. The van der Waals surface area contributed by atoms with E-state index in [9.17, 15) is 4.79 Å². The van der Waals surface area contributed by atoms with Crippen molar-refractivity contribution >= 4 is 29.7 Å². The molecule has 0 bridgehead atoms. The number of halogens is 1. The van der Waals surface area contributed by atoms with Crippen LogP contribution in [0.5, 0.6) is 0 Å². The molecule has 1 heterocycles. The molecule has 4 nitrogen and oxygen atoms in total. The van der Waals surface area contributed by atoms with Gasteiger partial charge in [-0.1, -0.05) is 35.9 Å². The molecule has 23 heavy (non-hydrogen) atoms. The van der Waals surface area contributed by atoms with Gasteiger partial charge in [-0.05, 0) is 30.7 Å². The lowest BCUT2D eigenvalue weighted by Crippen LogP contribution is -2.36.